The summed E-state index contributed by atoms with van der Waals surface area (Å²) in [5, 5.41) is 108. The molecule has 0 aromatic heterocycles. The molecule has 0 aromatic carbocycles. The molecule has 3 heterocycles. The number of carboxylic acid groups (broad SMARTS) is 3. The first-order valence-corrected chi connectivity index (χ1v) is 10.6. The molecule has 0 unspecified atom stereocenters. The second-order valence-corrected chi connectivity index (χ2v) is 8.45. The highest BCUT2D eigenvalue weighted by Crippen LogP contribution is 2.32. The lowest BCUT2D eigenvalue weighted by Crippen LogP contribution is -2.67. The molecule has 0 radical (unpaired) electrons. The molecule has 3 fully saturated rings. The van der Waals surface area contributed by atoms with Crippen LogP contribution in [-0.4, -0.2) is 166 Å². The van der Waals surface area contributed by atoms with Crippen LogP contribution < -0.4 is 0 Å². The smallest absolute Gasteiger partial charge is 0.335 e. The third kappa shape index (κ3) is 5.68. The van der Waals surface area contributed by atoms with E-state index in [2.05, 4.69) is 4.74 Å². The van der Waals surface area contributed by atoms with Crippen molar-refractivity contribution in [2.24, 2.45) is 0 Å². The van der Waals surface area contributed by atoms with Crippen molar-refractivity contribution in [2.45, 2.75) is 92.1 Å². The van der Waals surface area contributed by atoms with E-state index < -0.39 is 110 Å². The molecule has 37 heavy (non-hydrogen) atoms. The molecule has 212 valence electrons. The predicted molar refractivity (Wildman–Crippen MR) is 103 cm³/mol. The highest BCUT2D eigenvalue weighted by atomic mass is 16.8. The third-order valence-corrected chi connectivity index (χ3v) is 5.99. The van der Waals surface area contributed by atoms with E-state index in [9.17, 15) is 65.4 Å². The maximum atomic E-state index is 11.8. The Morgan fingerprint density at radius 2 is 0.838 bits per heavy atom. The highest BCUT2D eigenvalue weighted by Gasteiger charge is 2.56. The van der Waals surface area contributed by atoms with E-state index in [0.717, 1.165) is 0 Å². The van der Waals surface area contributed by atoms with E-state index in [0.29, 0.717) is 0 Å². The van der Waals surface area contributed by atoms with Gasteiger partial charge in [0.15, 0.2) is 37.2 Å². The minimum atomic E-state index is -2.29. The summed E-state index contributed by atoms with van der Waals surface area (Å²) in [5.41, 5.74) is 0. The molecule has 3 aliphatic heterocycles. The fraction of sp³-hybridized carbons (Fsp3) is 0.833. The molecule has 0 spiro atoms. The maximum Gasteiger partial charge on any atom is 0.335 e. The van der Waals surface area contributed by atoms with E-state index >= 15 is 0 Å². The van der Waals surface area contributed by atoms with Crippen LogP contribution in [0.15, 0.2) is 0 Å². The lowest BCUT2D eigenvalue weighted by Gasteiger charge is -2.46. The van der Waals surface area contributed by atoms with Crippen molar-refractivity contribution in [1.29, 1.82) is 0 Å². The van der Waals surface area contributed by atoms with Gasteiger partial charge in [0.2, 0.25) is 0 Å². The number of carboxylic acids is 3. The van der Waals surface area contributed by atoms with Crippen LogP contribution in [0.3, 0.4) is 0 Å². The van der Waals surface area contributed by atoms with Gasteiger partial charge in [0.1, 0.15) is 54.9 Å². The van der Waals surface area contributed by atoms with E-state index in [1.54, 1.807) is 0 Å². The summed E-state index contributed by atoms with van der Waals surface area (Å²) >= 11 is 0. The Morgan fingerprint density at radius 3 is 1.30 bits per heavy atom. The molecule has 0 aliphatic carbocycles. The van der Waals surface area contributed by atoms with Crippen LogP contribution in [0.1, 0.15) is 0 Å². The molecular weight excluding hydrogens is 520 g/mol. The zero-order chi connectivity index (χ0) is 27.9. The Labute approximate surface area is 205 Å². The van der Waals surface area contributed by atoms with Gasteiger partial charge in [-0.1, -0.05) is 0 Å². The molecule has 15 atom stereocenters. The van der Waals surface area contributed by atoms with Crippen LogP contribution in [0.5, 0.6) is 0 Å². The number of aliphatic hydroxyl groups excluding tert-OH is 8. The van der Waals surface area contributed by atoms with Gasteiger partial charge in [-0.3, -0.25) is 0 Å². The Kier molecular flexibility index (Phi) is 9.01. The molecule has 0 bridgehead atoms. The standard InChI is InChI=1S/C18H26O19/c19-1-2(20)10(13(26)27)36-17(6(1)24)35-9-4(22)7(25)18(37-12(9)15(30)31)34-8-3(21)5(23)16(32)33-11(8)14(28)29/h1-12,16-25,32H,(H,26,27)(H,28,29)(H,30,31)/t1-,2-,3+,4+,5-,6-,7-,8-,9-,10-,11-,12-,16+,17+,18+/m0/s1. The first-order valence-electron chi connectivity index (χ1n) is 10.6. The number of hydrogen-bond acceptors (Lipinski definition) is 16. The van der Waals surface area contributed by atoms with Gasteiger partial charge in [-0.15, -0.1) is 0 Å². The number of aliphatic carboxylic acids is 3. The average Bonchev–Trinajstić information content (AvgIpc) is 2.82. The van der Waals surface area contributed by atoms with Gasteiger partial charge in [0, 0.05) is 0 Å². The summed E-state index contributed by atoms with van der Waals surface area (Å²) in [5.74, 6) is -5.46. The summed E-state index contributed by atoms with van der Waals surface area (Å²) in [6, 6.07) is 0. The maximum absolute atomic E-state index is 11.8. The first kappa shape index (κ1) is 29.4. The van der Waals surface area contributed by atoms with Crippen LogP contribution in [0.4, 0.5) is 0 Å². The van der Waals surface area contributed by atoms with Crippen LogP contribution in [0, 0.1) is 0 Å². The van der Waals surface area contributed by atoms with Crippen molar-refractivity contribution in [3.05, 3.63) is 0 Å². The normalized spacial score (nSPS) is 48.8. The summed E-state index contributed by atoms with van der Waals surface area (Å²) in [6.45, 7) is 0. The van der Waals surface area contributed by atoms with Gasteiger partial charge in [-0.05, 0) is 0 Å². The molecule has 0 amide bonds. The fourth-order valence-corrected chi connectivity index (χ4v) is 3.98. The summed E-state index contributed by atoms with van der Waals surface area (Å²) in [6.07, 6.45) is -32.5. The average molecular weight is 546 g/mol. The number of aliphatic hydroxyl groups is 8. The van der Waals surface area contributed by atoms with Crippen molar-refractivity contribution in [1.82, 2.24) is 0 Å². The van der Waals surface area contributed by atoms with E-state index in [1.807, 2.05) is 0 Å². The van der Waals surface area contributed by atoms with E-state index in [1.165, 1.54) is 0 Å². The highest BCUT2D eigenvalue weighted by molar-refractivity contribution is 5.74. The number of ether oxygens (including phenoxy) is 5. The zero-order valence-corrected chi connectivity index (χ0v) is 18.3. The van der Waals surface area contributed by atoms with Gasteiger partial charge in [-0.25, -0.2) is 14.4 Å². The van der Waals surface area contributed by atoms with Gasteiger partial charge in [0.05, 0.1) is 0 Å². The van der Waals surface area contributed by atoms with Crippen LogP contribution >= 0.6 is 0 Å². The monoisotopic (exact) mass is 546 g/mol. The molecule has 0 aromatic rings. The number of hydrogen-bond donors (Lipinski definition) is 11. The minimum Gasteiger partial charge on any atom is -0.479 e. The van der Waals surface area contributed by atoms with Crippen molar-refractivity contribution < 1.29 is 94.2 Å². The quantitative estimate of drug-likeness (QED) is 0.141. The summed E-state index contributed by atoms with van der Waals surface area (Å²) in [7, 11) is 0. The SMILES string of the molecule is O=C(O)[C@H]1O[C@@H](O[C@H]2[C@H](O)[C@H](O)[C@H](O[C@H]3[C@H](O)[C@H](O)[C@H](O)O[C@@H]3C(=O)O)O[C@@H]2C(=O)O)[C@@H](O)[C@@H](O)[C@@H]1O. The van der Waals surface area contributed by atoms with Crippen molar-refractivity contribution in [3.63, 3.8) is 0 Å². The Bertz CT molecular complexity index is 853. The van der Waals surface area contributed by atoms with Crippen molar-refractivity contribution in [3.8, 4) is 0 Å². The zero-order valence-electron chi connectivity index (χ0n) is 18.3. The Hall–Kier alpha value is -2.11. The molecule has 0 saturated carbocycles. The van der Waals surface area contributed by atoms with Crippen LogP contribution in [-0.2, 0) is 38.1 Å². The van der Waals surface area contributed by atoms with Gasteiger partial charge < -0.3 is 79.9 Å². The number of carbonyl (C=O) groups is 3. The Balaban J connectivity index is 1.81. The Morgan fingerprint density at radius 1 is 0.459 bits per heavy atom. The lowest BCUT2D eigenvalue weighted by molar-refractivity contribution is -0.368. The van der Waals surface area contributed by atoms with Crippen molar-refractivity contribution >= 4 is 17.9 Å². The van der Waals surface area contributed by atoms with E-state index in [4.69, 9.17) is 24.1 Å². The van der Waals surface area contributed by atoms with Crippen LogP contribution in [0.25, 0.3) is 0 Å². The third-order valence-electron chi connectivity index (χ3n) is 5.99. The van der Waals surface area contributed by atoms with Gasteiger partial charge >= 0.3 is 17.9 Å². The predicted octanol–water partition coefficient (Wildman–Crippen LogP) is -7.30. The summed E-state index contributed by atoms with van der Waals surface area (Å²) < 4.78 is 24.8. The largest absolute Gasteiger partial charge is 0.479 e. The lowest BCUT2D eigenvalue weighted by atomic mass is 9.95. The second-order valence-electron chi connectivity index (χ2n) is 8.45. The minimum absolute atomic E-state index is 1.79. The molecule has 19 heteroatoms. The summed E-state index contributed by atoms with van der Waals surface area (Å²) in [4.78, 5) is 34.5. The molecule has 3 rings (SSSR count). The van der Waals surface area contributed by atoms with E-state index in [-0.39, 0.29) is 0 Å². The van der Waals surface area contributed by atoms with Crippen molar-refractivity contribution in [2.75, 3.05) is 0 Å². The van der Waals surface area contributed by atoms with Gasteiger partial charge in [-0.2, -0.15) is 0 Å². The van der Waals surface area contributed by atoms with Gasteiger partial charge in [0.25, 0.3) is 0 Å². The fourth-order valence-electron chi connectivity index (χ4n) is 3.98. The molecule has 3 saturated heterocycles. The number of rotatable bonds is 7. The molecule has 3 aliphatic rings. The first-order chi connectivity index (χ1) is 17.2. The van der Waals surface area contributed by atoms with Crippen LogP contribution in [0.2, 0.25) is 0 Å². The topological polar surface area (TPSA) is 320 Å². The molecule has 19 nitrogen and oxygen atoms in total. The molecular formula is C18H26O19. The second kappa shape index (κ2) is 11.3. The molecule has 11 N–H and O–H groups in total.